The molecule has 4 aromatic rings. The van der Waals surface area contributed by atoms with Gasteiger partial charge in [0.05, 0.1) is 19.3 Å². The first-order valence-electron chi connectivity index (χ1n) is 7.80. The molecule has 0 radical (unpaired) electrons. The molecule has 0 spiro atoms. The molecular formula is C19H15ClN4O. The quantitative estimate of drug-likeness (QED) is 0.517. The number of benzene rings is 1. The van der Waals surface area contributed by atoms with Crippen LogP contribution in [0, 0.1) is 0 Å². The van der Waals surface area contributed by atoms with Gasteiger partial charge in [-0.15, -0.1) is 0 Å². The van der Waals surface area contributed by atoms with E-state index in [-0.39, 0.29) is 0 Å². The normalized spacial score (nSPS) is 11.0. The number of methoxy groups -OCH3 is 1. The minimum absolute atomic E-state index is 0.401. The standard InChI is InChI=1S/C19H15ClN4O/c1-25-16-4-2-13(3-5-16)11-24-12-15-10-17(14-6-8-21-9-7-14)22-19(20)18(15)23-24/h2-10,12H,11H2,1H3. The number of halogens is 1. The molecule has 0 aliphatic rings. The Morgan fingerprint density at radius 2 is 1.84 bits per heavy atom. The Morgan fingerprint density at radius 3 is 2.56 bits per heavy atom. The Bertz CT molecular complexity index is 1010. The average molecular weight is 351 g/mol. The molecule has 3 heterocycles. The number of fused-ring (bicyclic) bond motifs is 1. The summed E-state index contributed by atoms with van der Waals surface area (Å²) in [6.07, 6.45) is 5.46. The van der Waals surface area contributed by atoms with Crippen LogP contribution in [0.25, 0.3) is 22.2 Å². The molecule has 6 heteroatoms. The lowest BCUT2D eigenvalue weighted by Crippen LogP contribution is -1.99. The van der Waals surface area contributed by atoms with Gasteiger partial charge in [-0.25, -0.2) is 4.98 Å². The maximum atomic E-state index is 6.35. The third kappa shape index (κ3) is 3.19. The highest BCUT2D eigenvalue weighted by atomic mass is 35.5. The van der Waals surface area contributed by atoms with Gasteiger partial charge >= 0.3 is 0 Å². The molecule has 25 heavy (non-hydrogen) atoms. The fraction of sp³-hybridized carbons (Fsp3) is 0.105. The summed E-state index contributed by atoms with van der Waals surface area (Å²) in [6, 6.07) is 13.7. The number of ether oxygens (including phenoxy) is 1. The van der Waals surface area contributed by atoms with E-state index in [1.54, 1.807) is 19.5 Å². The van der Waals surface area contributed by atoms with Crippen LogP contribution in [0.5, 0.6) is 5.75 Å². The van der Waals surface area contributed by atoms with Crippen LogP contribution in [0.2, 0.25) is 5.15 Å². The molecule has 0 fully saturated rings. The van der Waals surface area contributed by atoms with Crippen LogP contribution in [0.3, 0.4) is 0 Å². The van der Waals surface area contributed by atoms with Crippen molar-refractivity contribution in [1.82, 2.24) is 19.7 Å². The van der Waals surface area contributed by atoms with E-state index >= 15 is 0 Å². The zero-order chi connectivity index (χ0) is 17.2. The fourth-order valence-corrected chi connectivity index (χ4v) is 2.95. The van der Waals surface area contributed by atoms with Gasteiger partial charge in [0.15, 0.2) is 5.15 Å². The molecule has 0 bridgehead atoms. The third-order valence-electron chi connectivity index (χ3n) is 3.98. The minimum atomic E-state index is 0.401. The van der Waals surface area contributed by atoms with Crippen molar-refractivity contribution in [2.45, 2.75) is 6.54 Å². The van der Waals surface area contributed by atoms with Crippen molar-refractivity contribution in [3.63, 3.8) is 0 Å². The highest BCUT2D eigenvalue weighted by Crippen LogP contribution is 2.26. The molecule has 0 atom stereocenters. The molecule has 0 N–H and O–H groups in total. The predicted molar refractivity (Wildman–Crippen MR) is 97.9 cm³/mol. The van der Waals surface area contributed by atoms with E-state index < -0.39 is 0 Å². The summed E-state index contributed by atoms with van der Waals surface area (Å²) in [7, 11) is 1.66. The van der Waals surface area contributed by atoms with Crippen LogP contribution in [0.1, 0.15) is 5.56 Å². The first-order chi connectivity index (χ1) is 12.2. The van der Waals surface area contributed by atoms with E-state index in [1.807, 2.05) is 53.3 Å². The Labute approximate surface area is 149 Å². The molecule has 0 aliphatic carbocycles. The molecule has 5 nitrogen and oxygen atoms in total. The Hall–Kier alpha value is -2.92. The predicted octanol–water partition coefficient (Wildman–Crippen LogP) is 4.20. The van der Waals surface area contributed by atoms with Crippen LogP contribution in [0.4, 0.5) is 0 Å². The molecule has 0 saturated carbocycles. The Morgan fingerprint density at radius 1 is 1.08 bits per heavy atom. The number of hydrogen-bond donors (Lipinski definition) is 0. The third-order valence-corrected chi connectivity index (χ3v) is 4.24. The lowest BCUT2D eigenvalue weighted by Gasteiger charge is -2.03. The SMILES string of the molecule is COc1ccc(Cn2cc3cc(-c4ccncc4)nc(Cl)c3n2)cc1. The second-order valence-electron chi connectivity index (χ2n) is 5.65. The molecule has 0 saturated heterocycles. The van der Waals surface area contributed by atoms with Crippen LogP contribution in [-0.4, -0.2) is 26.9 Å². The summed E-state index contributed by atoms with van der Waals surface area (Å²) in [5, 5.41) is 5.92. The number of nitrogens with zero attached hydrogens (tertiary/aromatic N) is 4. The summed E-state index contributed by atoms with van der Waals surface area (Å²) in [5.74, 6) is 0.837. The van der Waals surface area contributed by atoms with Gasteiger partial charge in [-0.05, 0) is 35.9 Å². The molecule has 124 valence electrons. The number of hydrogen-bond acceptors (Lipinski definition) is 4. The van der Waals surface area contributed by atoms with Crippen molar-refractivity contribution in [2.24, 2.45) is 0 Å². The molecule has 4 rings (SSSR count). The van der Waals surface area contributed by atoms with Crippen LogP contribution in [0.15, 0.2) is 61.1 Å². The lowest BCUT2D eigenvalue weighted by molar-refractivity contribution is 0.414. The molecule has 0 unspecified atom stereocenters. The van der Waals surface area contributed by atoms with Gasteiger partial charge in [0.1, 0.15) is 11.3 Å². The zero-order valence-electron chi connectivity index (χ0n) is 13.6. The Kier molecular flexibility index (Phi) is 4.07. The maximum absolute atomic E-state index is 6.35. The van der Waals surface area contributed by atoms with Crippen molar-refractivity contribution in [3.8, 4) is 17.0 Å². The van der Waals surface area contributed by atoms with Crippen LogP contribution >= 0.6 is 11.6 Å². The first kappa shape index (κ1) is 15.6. The van der Waals surface area contributed by atoms with Gasteiger partial charge < -0.3 is 4.74 Å². The van der Waals surface area contributed by atoms with Gasteiger partial charge in [-0.3, -0.25) is 9.67 Å². The van der Waals surface area contributed by atoms with Crippen molar-refractivity contribution in [3.05, 3.63) is 71.8 Å². The highest BCUT2D eigenvalue weighted by molar-refractivity contribution is 6.34. The number of rotatable bonds is 4. The van der Waals surface area contributed by atoms with Gasteiger partial charge in [-0.1, -0.05) is 23.7 Å². The summed E-state index contributed by atoms with van der Waals surface area (Å²) < 4.78 is 7.06. The molecule has 3 aromatic heterocycles. The largest absolute Gasteiger partial charge is 0.497 e. The van der Waals surface area contributed by atoms with E-state index in [4.69, 9.17) is 16.3 Å². The maximum Gasteiger partial charge on any atom is 0.157 e. The summed E-state index contributed by atoms with van der Waals surface area (Å²) >= 11 is 6.35. The summed E-state index contributed by atoms with van der Waals surface area (Å²) in [6.45, 7) is 0.652. The van der Waals surface area contributed by atoms with E-state index in [1.165, 1.54) is 0 Å². The van der Waals surface area contributed by atoms with Crippen molar-refractivity contribution in [1.29, 1.82) is 0 Å². The smallest absolute Gasteiger partial charge is 0.157 e. The van der Waals surface area contributed by atoms with E-state index in [0.29, 0.717) is 17.2 Å². The summed E-state index contributed by atoms with van der Waals surface area (Å²) in [5.41, 5.74) is 3.62. The van der Waals surface area contributed by atoms with Crippen molar-refractivity contribution < 1.29 is 4.74 Å². The van der Waals surface area contributed by atoms with Gasteiger partial charge in [0, 0.05) is 29.5 Å². The van der Waals surface area contributed by atoms with E-state index in [0.717, 1.165) is 28.0 Å². The number of pyridine rings is 2. The fourth-order valence-electron chi connectivity index (χ4n) is 2.71. The van der Waals surface area contributed by atoms with Gasteiger partial charge in [0.25, 0.3) is 0 Å². The van der Waals surface area contributed by atoms with Gasteiger partial charge in [-0.2, -0.15) is 5.10 Å². The monoisotopic (exact) mass is 350 g/mol. The second-order valence-corrected chi connectivity index (χ2v) is 6.00. The van der Waals surface area contributed by atoms with Crippen LogP contribution < -0.4 is 4.74 Å². The first-order valence-corrected chi connectivity index (χ1v) is 8.18. The van der Waals surface area contributed by atoms with Gasteiger partial charge in [0.2, 0.25) is 0 Å². The van der Waals surface area contributed by atoms with E-state index in [9.17, 15) is 0 Å². The van der Waals surface area contributed by atoms with Crippen molar-refractivity contribution >= 4 is 22.5 Å². The Balaban J connectivity index is 1.68. The lowest BCUT2D eigenvalue weighted by atomic mass is 10.1. The average Bonchev–Trinajstić information content (AvgIpc) is 3.06. The molecule has 0 aliphatic heterocycles. The highest BCUT2D eigenvalue weighted by Gasteiger charge is 2.10. The zero-order valence-corrected chi connectivity index (χ0v) is 14.3. The van der Waals surface area contributed by atoms with E-state index in [2.05, 4.69) is 15.1 Å². The minimum Gasteiger partial charge on any atom is -0.497 e. The second kappa shape index (κ2) is 6.53. The number of aromatic nitrogens is 4. The molecule has 1 aromatic carbocycles. The van der Waals surface area contributed by atoms with Crippen LogP contribution in [-0.2, 0) is 6.54 Å². The van der Waals surface area contributed by atoms with Crippen molar-refractivity contribution in [2.75, 3.05) is 7.11 Å². The molecule has 0 amide bonds. The molecular weight excluding hydrogens is 336 g/mol. The summed E-state index contributed by atoms with van der Waals surface area (Å²) in [4.78, 5) is 8.49. The topological polar surface area (TPSA) is 52.8 Å².